The summed E-state index contributed by atoms with van der Waals surface area (Å²) in [5, 5.41) is 0. The van der Waals surface area contributed by atoms with Gasteiger partial charge in [-0.2, -0.15) is 0 Å². The number of hydrogen-bond acceptors (Lipinski definition) is 3. The van der Waals surface area contributed by atoms with Crippen molar-refractivity contribution in [3.05, 3.63) is 0 Å². The van der Waals surface area contributed by atoms with Crippen LogP contribution in [0.2, 0.25) is 0 Å². The predicted molar refractivity (Wildman–Crippen MR) is 50.1 cm³/mol. The molecule has 0 spiro atoms. The molecule has 0 aliphatic heterocycles. The lowest BCUT2D eigenvalue weighted by Gasteiger charge is -2.24. The first-order valence-corrected chi connectivity index (χ1v) is 4.40. The molecular formula is C9H21NO2. The molecule has 0 fully saturated rings. The molecule has 0 saturated heterocycles. The van der Waals surface area contributed by atoms with Crippen LogP contribution in [0.15, 0.2) is 0 Å². The molecule has 0 rings (SSSR count). The van der Waals surface area contributed by atoms with Gasteiger partial charge in [-0.15, -0.1) is 0 Å². The third-order valence-electron chi connectivity index (χ3n) is 2.35. The maximum absolute atomic E-state index is 5.93. The Hall–Kier alpha value is -0.120. The molecule has 12 heavy (non-hydrogen) atoms. The maximum atomic E-state index is 5.93. The highest BCUT2D eigenvalue weighted by Crippen LogP contribution is 2.11. The summed E-state index contributed by atoms with van der Waals surface area (Å²) in [5.74, 6) is 0.444. The van der Waals surface area contributed by atoms with Gasteiger partial charge in [0.1, 0.15) is 0 Å². The number of ether oxygens (including phenoxy) is 2. The van der Waals surface area contributed by atoms with Crippen LogP contribution >= 0.6 is 0 Å². The van der Waals surface area contributed by atoms with Crippen LogP contribution in [-0.4, -0.2) is 33.0 Å². The van der Waals surface area contributed by atoms with Gasteiger partial charge in [0, 0.05) is 26.9 Å². The van der Waals surface area contributed by atoms with E-state index in [1.807, 2.05) is 6.92 Å². The van der Waals surface area contributed by atoms with Crippen molar-refractivity contribution in [1.29, 1.82) is 0 Å². The second-order valence-corrected chi connectivity index (χ2v) is 3.28. The van der Waals surface area contributed by atoms with E-state index in [4.69, 9.17) is 15.2 Å². The fourth-order valence-electron chi connectivity index (χ4n) is 1.12. The van der Waals surface area contributed by atoms with Crippen molar-refractivity contribution in [2.45, 2.75) is 32.4 Å². The van der Waals surface area contributed by atoms with Crippen LogP contribution in [0.3, 0.4) is 0 Å². The molecule has 0 bridgehead atoms. The lowest BCUT2D eigenvalue weighted by molar-refractivity contribution is 0.0705. The summed E-state index contributed by atoms with van der Waals surface area (Å²) in [7, 11) is 3.39. The monoisotopic (exact) mass is 175 g/mol. The molecule has 0 aromatic rings. The zero-order chi connectivity index (χ0) is 9.56. The van der Waals surface area contributed by atoms with Crippen molar-refractivity contribution < 1.29 is 9.47 Å². The fourth-order valence-corrected chi connectivity index (χ4v) is 1.12. The van der Waals surface area contributed by atoms with Crippen molar-refractivity contribution in [2.24, 2.45) is 11.7 Å². The topological polar surface area (TPSA) is 44.5 Å². The van der Waals surface area contributed by atoms with E-state index in [1.54, 1.807) is 14.2 Å². The zero-order valence-electron chi connectivity index (χ0n) is 8.54. The highest BCUT2D eigenvalue weighted by atomic mass is 16.5. The Morgan fingerprint density at radius 3 is 2.25 bits per heavy atom. The first kappa shape index (κ1) is 11.9. The van der Waals surface area contributed by atoms with E-state index in [9.17, 15) is 0 Å². The predicted octanol–water partition coefficient (Wildman–Crippen LogP) is 1.02. The van der Waals surface area contributed by atoms with Crippen molar-refractivity contribution in [3.8, 4) is 0 Å². The first-order chi connectivity index (χ1) is 5.63. The summed E-state index contributed by atoms with van der Waals surface area (Å²) in [6.07, 6.45) is 1.11. The Labute approximate surface area is 75.2 Å². The number of nitrogens with two attached hydrogens (primary N) is 1. The fraction of sp³-hybridized carbons (Fsp3) is 1.00. The molecule has 0 aliphatic rings. The van der Waals surface area contributed by atoms with Crippen molar-refractivity contribution in [3.63, 3.8) is 0 Å². The van der Waals surface area contributed by atoms with Crippen LogP contribution < -0.4 is 5.73 Å². The van der Waals surface area contributed by atoms with Gasteiger partial charge in [0.15, 0.2) is 0 Å². The summed E-state index contributed by atoms with van der Waals surface area (Å²) < 4.78 is 10.1. The first-order valence-electron chi connectivity index (χ1n) is 4.40. The molecule has 0 heterocycles. The van der Waals surface area contributed by atoms with Crippen LogP contribution in [0.4, 0.5) is 0 Å². The Morgan fingerprint density at radius 2 is 1.83 bits per heavy atom. The Bertz CT molecular complexity index is 109. The molecule has 0 aliphatic carbocycles. The lowest BCUT2D eigenvalue weighted by Crippen LogP contribution is -2.39. The average Bonchev–Trinajstić information content (AvgIpc) is 2.11. The maximum Gasteiger partial charge on any atom is 0.0696 e. The minimum Gasteiger partial charge on any atom is -0.385 e. The number of methoxy groups -OCH3 is 2. The SMILES string of the molecule is COCCC(C)C(N)C(C)OC. The molecular weight excluding hydrogens is 154 g/mol. The van der Waals surface area contributed by atoms with Crippen LogP contribution in [0.5, 0.6) is 0 Å². The van der Waals surface area contributed by atoms with Gasteiger partial charge in [-0.25, -0.2) is 0 Å². The quantitative estimate of drug-likeness (QED) is 0.655. The second kappa shape index (κ2) is 6.40. The second-order valence-electron chi connectivity index (χ2n) is 3.28. The van der Waals surface area contributed by atoms with Gasteiger partial charge in [-0.1, -0.05) is 6.92 Å². The van der Waals surface area contributed by atoms with Crippen LogP contribution in [0.25, 0.3) is 0 Å². The van der Waals surface area contributed by atoms with Gasteiger partial charge in [0.05, 0.1) is 6.10 Å². The van der Waals surface area contributed by atoms with Gasteiger partial charge < -0.3 is 15.2 Å². The van der Waals surface area contributed by atoms with E-state index in [-0.39, 0.29) is 12.1 Å². The van der Waals surface area contributed by atoms with Gasteiger partial charge in [-0.05, 0) is 19.3 Å². The van der Waals surface area contributed by atoms with Crippen LogP contribution in [0.1, 0.15) is 20.3 Å². The molecule has 0 radical (unpaired) electrons. The normalized spacial score (nSPS) is 18.8. The minimum atomic E-state index is 0.102. The third kappa shape index (κ3) is 4.04. The molecule has 0 amide bonds. The van der Waals surface area contributed by atoms with Gasteiger partial charge in [-0.3, -0.25) is 0 Å². The summed E-state index contributed by atoms with van der Waals surface area (Å²) in [5.41, 5.74) is 5.93. The van der Waals surface area contributed by atoms with E-state index >= 15 is 0 Å². The van der Waals surface area contributed by atoms with Crippen molar-refractivity contribution in [1.82, 2.24) is 0 Å². The highest BCUT2D eigenvalue weighted by molar-refractivity contribution is 4.74. The number of rotatable bonds is 6. The Kier molecular flexibility index (Phi) is 6.34. The van der Waals surface area contributed by atoms with Gasteiger partial charge >= 0.3 is 0 Å². The van der Waals surface area contributed by atoms with E-state index in [1.165, 1.54) is 0 Å². The molecule has 0 aromatic carbocycles. The van der Waals surface area contributed by atoms with E-state index in [0.717, 1.165) is 13.0 Å². The van der Waals surface area contributed by atoms with E-state index in [2.05, 4.69) is 6.92 Å². The molecule has 3 heteroatoms. The van der Waals surface area contributed by atoms with Crippen LogP contribution in [-0.2, 0) is 9.47 Å². The molecule has 3 nitrogen and oxygen atoms in total. The lowest BCUT2D eigenvalue weighted by atomic mass is 9.95. The zero-order valence-corrected chi connectivity index (χ0v) is 8.54. The average molecular weight is 175 g/mol. The molecule has 2 N–H and O–H groups in total. The summed E-state index contributed by atoms with van der Waals surface area (Å²) in [4.78, 5) is 0. The molecule has 0 aromatic heterocycles. The van der Waals surface area contributed by atoms with Gasteiger partial charge in [0.2, 0.25) is 0 Å². The smallest absolute Gasteiger partial charge is 0.0696 e. The highest BCUT2D eigenvalue weighted by Gasteiger charge is 2.18. The number of hydrogen-bond donors (Lipinski definition) is 1. The van der Waals surface area contributed by atoms with Crippen molar-refractivity contribution >= 4 is 0 Å². The van der Waals surface area contributed by atoms with E-state index in [0.29, 0.717) is 5.92 Å². The van der Waals surface area contributed by atoms with Crippen LogP contribution in [0, 0.1) is 5.92 Å². The standard InChI is InChI=1S/C9H21NO2/c1-7(5-6-11-3)9(10)8(2)12-4/h7-9H,5-6,10H2,1-4H3. The van der Waals surface area contributed by atoms with Gasteiger partial charge in [0.25, 0.3) is 0 Å². The summed E-state index contributed by atoms with van der Waals surface area (Å²) >= 11 is 0. The largest absolute Gasteiger partial charge is 0.385 e. The molecule has 3 unspecified atom stereocenters. The van der Waals surface area contributed by atoms with Crippen molar-refractivity contribution in [2.75, 3.05) is 20.8 Å². The molecule has 3 atom stereocenters. The molecule has 74 valence electrons. The summed E-state index contributed by atoms with van der Waals surface area (Å²) in [6, 6.07) is 0.102. The molecule has 0 saturated carbocycles. The Morgan fingerprint density at radius 1 is 1.25 bits per heavy atom. The third-order valence-corrected chi connectivity index (χ3v) is 2.35. The Balaban J connectivity index is 3.67. The minimum absolute atomic E-state index is 0.102. The summed E-state index contributed by atoms with van der Waals surface area (Å²) in [6.45, 7) is 4.89. The van der Waals surface area contributed by atoms with E-state index < -0.39 is 0 Å².